The molecule has 0 saturated carbocycles. The van der Waals surface area contributed by atoms with E-state index in [1.54, 1.807) is 0 Å². The number of hydrogen-bond acceptors (Lipinski definition) is 5. The van der Waals surface area contributed by atoms with Crippen LogP contribution in [0.5, 0.6) is 0 Å². The van der Waals surface area contributed by atoms with Crippen molar-refractivity contribution >= 4 is 42.0 Å². The Hall–Kier alpha value is 0.945. The highest BCUT2D eigenvalue weighted by Gasteiger charge is 2.60. The highest BCUT2D eigenvalue weighted by Crippen LogP contribution is 2.33. The fourth-order valence-corrected chi connectivity index (χ4v) is 3.98. The number of ether oxygens (including phenoxy) is 1. The van der Waals surface area contributed by atoms with Crippen LogP contribution in [0.25, 0.3) is 0 Å². The van der Waals surface area contributed by atoms with Gasteiger partial charge in [-0.3, -0.25) is 0 Å². The van der Waals surface area contributed by atoms with E-state index < -0.39 is 23.4 Å². The first-order chi connectivity index (χ1) is 6.09. The van der Waals surface area contributed by atoms with Crippen molar-refractivity contribution in [2.24, 2.45) is 0 Å². The summed E-state index contributed by atoms with van der Waals surface area (Å²) < 4.78 is 22.9. The molecule has 0 aromatic rings. The van der Waals surface area contributed by atoms with Gasteiger partial charge in [0.1, 0.15) is 31.5 Å². The van der Waals surface area contributed by atoms with Crippen molar-refractivity contribution < 1.29 is 14.4 Å². The topological polar surface area (TPSA) is 76.6 Å². The molecule has 2 rings (SSSR count). The average molecular weight is 316 g/mol. The van der Waals surface area contributed by atoms with Gasteiger partial charge >= 0.3 is 0 Å². The van der Waals surface area contributed by atoms with Crippen molar-refractivity contribution in [2.45, 2.75) is 23.9 Å². The Morgan fingerprint density at radius 3 is 3.08 bits per heavy atom. The van der Waals surface area contributed by atoms with Gasteiger partial charge < -0.3 is 14.4 Å². The number of alkyl halides is 1. The van der Waals surface area contributed by atoms with E-state index in [1.807, 2.05) is 7.85 Å². The van der Waals surface area contributed by atoms with Crippen LogP contribution in [0.1, 0.15) is 0 Å². The van der Waals surface area contributed by atoms with Gasteiger partial charge in [-0.05, 0) is 0 Å². The van der Waals surface area contributed by atoms with Crippen molar-refractivity contribution in [2.75, 3.05) is 4.43 Å². The minimum atomic E-state index is -1.31. The van der Waals surface area contributed by atoms with Gasteiger partial charge in [-0.1, -0.05) is 27.3 Å². The molecule has 3 N–H and O–H groups in total. The quantitative estimate of drug-likeness (QED) is 0.218. The lowest BCUT2D eigenvalue weighted by molar-refractivity contribution is -0.0565. The zero-order chi connectivity index (χ0) is 9.64. The predicted molar refractivity (Wildman–Crippen MR) is 59.2 cm³/mol. The molecule has 3 unspecified atom stereocenters. The van der Waals surface area contributed by atoms with Crippen LogP contribution < -0.4 is 9.44 Å². The number of aliphatic hydroxyl groups excluding tert-OH is 1. The molecule has 5 atom stereocenters. The van der Waals surface area contributed by atoms with Crippen LogP contribution in [0, 0.1) is 0 Å². The molecule has 13 heavy (non-hydrogen) atoms. The van der Waals surface area contributed by atoms with Crippen molar-refractivity contribution in [3.05, 3.63) is 0 Å². The summed E-state index contributed by atoms with van der Waals surface area (Å²) >= 11 is 0.803. The zero-order valence-corrected chi connectivity index (χ0v) is 9.96. The maximum absolute atomic E-state index is 11.3. The van der Waals surface area contributed by atoms with Crippen molar-refractivity contribution in [3.8, 4) is 0 Å². The number of aliphatic hydroxyl groups is 1. The largest absolute Gasteiger partial charge is 0.579 e. The summed E-state index contributed by atoms with van der Waals surface area (Å²) in [5, 5.41) is 9.86. The van der Waals surface area contributed by atoms with Crippen LogP contribution in [0.15, 0.2) is 0 Å². The summed E-state index contributed by atoms with van der Waals surface area (Å²) in [5.74, 6) is 0. The Balaban J connectivity index is 2.26. The van der Waals surface area contributed by atoms with Crippen molar-refractivity contribution in [1.82, 2.24) is 9.44 Å². The molecule has 2 bridgehead atoms. The van der Waals surface area contributed by atoms with Crippen LogP contribution in [-0.4, -0.2) is 45.8 Å². The molecule has 0 aromatic carbocycles. The summed E-state index contributed by atoms with van der Waals surface area (Å²) in [6.45, 7) is 0. The molecule has 2 aliphatic heterocycles. The van der Waals surface area contributed by atoms with E-state index in [-0.39, 0.29) is 12.0 Å². The van der Waals surface area contributed by atoms with Gasteiger partial charge in [0.15, 0.2) is 5.72 Å². The normalized spacial score (nSPS) is 55.3. The molecule has 2 saturated heterocycles. The summed E-state index contributed by atoms with van der Waals surface area (Å²) in [7, 11) is 1.86. The Bertz CT molecular complexity index is 222. The van der Waals surface area contributed by atoms with Crippen LogP contribution in [0.4, 0.5) is 0 Å². The predicted octanol–water partition coefficient (Wildman–Crippen LogP) is -2.39. The second-order valence-electron chi connectivity index (χ2n) is 3.31. The first-order valence-electron chi connectivity index (χ1n) is 3.97. The Kier molecular flexibility index (Phi) is 2.82. The third-order valence-corrected chi connectivity index (χ3v) is 4.58. The van der Waals surface area contributed by atoms with Gasteiger partial charge in [-0.25, -0.2) is 0 Å². The molecular weight excluding hydrogens is 306 g/mol. The van der Waals surface area contributed by atoms with Gasteiger partial charge in [0.25, 0.3) is 0 Å². The Morgan fingerprint density at radius 1 is 1.77 bits per heavy atom. The minimum Gasteiger partial charge on any atom is -0.579 e. The number of halogens is 1. The summed E-state index contributed by atoms with van der Waals surface area (Å²) in [5.41, 5.74) is -0.833. The van der Waals surface area contributed by atoms with E-state index in [0.29, 0.717) is 4.43 Å². The zero-order valence-electron chi connectivity index (χ0n) is 6.99. The third kappa shape index (κ3) is 1.52. The van der Waals surface area contributed by atoms with E-state index in [2.05, 4.69) is 32.0 Å². The lowest BCUT2D eigenvalue weighted by Gasteiger charge is -2.34. The van der Waals surface area contributed by atoms with Crippen LogP contribution >= 0.6 is 22.6 Å². The molecule has 2 heterocycles. The second-order valence-corrected chi connectivity index (χ2v) is 5.05. The van der Waals surface area contributed by atoms with E-state index in [1.165, 1.54) is 0 Å². The molecule has 2 fully saturated rings. The number of nitrogens with one attached hydrogen (secondary N) is 2. The van der Waals surface area contributed by atoms with E-state index >= 15 is 0 Å². The van der Waals surface area contributed by atoms with Crippen LogP contribution in [0.3, 0.4) is 0 Å². The summed E-state index contributed by atoms with van der Waals surface area (Å²) in [6, 6.07) is -0.361. The Morgan fingerprint density at radius 2 is 2.46 bits per heavy atom. The molecule has 74 valence electrons. The molecule has 0 amide bonds. The molecule has 0 aromatic heterocycles. The highest BCUT2D eigenvalue weighted by atomic mass is 127. The minimum absolute atomic E-state index is 0.122. The maximum atomic E-state index is 11.3. The monoisotopic (exact) mass is 316 g/mol. The van der Waals surface area contributed by atoms with Gasteiger partial charge in [-0.15, -0.1) is 4.72 Å². The molecule has 0 aliphatic carbocycles. The maximum Gasteiger partial charge on any atom is 0.198 e. The Labute approximate surface area is 94.0 Å². The molecule has 2 aliphatic rings. The molecular formula is C5H10BIN2O3S. The van der Waals surface area contributed by atoms with Crippen LogP contribution in [0.2, 0.25) is 0 Å². The van der Waals surface area contributed by atoms with Crippen LogP contribution in [-0.2, 0) is 16.3 Å². The lowest BCUT2D eigenvalue weighted by Crippen LogP contribution is -2.67. The fourth-order valence-electron chi connectivity index (χ4n) is 1.71. The molecule has 8 heteroatoms. The first kappa shape index (κ1) is 10.5. The first-order valence-corrected chi connectivity index (χ1v) is 6.64. The standard InChI is InChI=1S/C5H10BIN2O3S/c6-4-2-3(10)5(1-7,12-4)9-13(11)8-2/h2-4,8-10H,1,6H2/t2?,3?,4-,5-,13?/m1/s1. The molecule has 0 radical (unpaired) electrons. The van der Waals surface area contributed by atoms with E-state index in [9.17, 15) is 9.66 Å². The van der Waals surface area contributed by atoms with Gasteiger partial charge in [-0.2, -0.15) is 0 Å². The van der Waals surface area contributed by atoms with E-state index in [4.69, 9.17) is 4.74 Å². The van der Waals surface area contributed by atoms with Gasteiger partial charge in [0.05, 0.1) is 0 Å². The van der Waals surface area contributed by atoms with Crippen molar-refractivity contribution in [3.63, 3.8) is 0 Å². The average Bonchev–Trinajstić information content (AvgIpc) is 2.26. The van der Waals surface area contributed by atoms with Gasteiger partial charge in [0.2, 0.25) is 0 Å². The molecule has 5 nitrogen and oxygen atoms in total. The second kappa shape index (κ2) is 3.51. The van der Waals surface area contributed by atoms with E-state index in [0.717, 1.165) is 0 Å². The number of hydrogen-bond donors (Lipinski definition) is 3. The highest BCUT2D eigenvalue weighted by molar-refractivity contribution is 14.1. The third-order valence-electron chi connectivity index (χ3n) is 2.43. The number of rotatable bonds is 1. The van der Waals surface area contributed by atoms with Crippen molar-refractivity contribution in [1.29, 1.82) is 0 Å². The summed E-state index contributed by atoms with van der Waals surface area (Å²) in [6.07, 6.45) is -0.642. The SMILES string of the molecule is B[C@@H]1O[C@@]2(CI)N[S+]([O-])NC1C2O. The fraction of sp³-hybridized carbons (Fsp3) is 1.00. The van der Waals surface area contributed by atoms with Gasteiger partial charge in [0, 0.05) is 10.4 Å². The number of fused-ring (bicyclic) bond motifs is 2. The molecule has 0 spiro atoms. The lowest BCUT2D eigenvalue weighted by atomic mass is 9.91. The summed E-state index contributed by atoms with van der Waals surface area (Å²) in [4.78, 5) is 0. The smallest absolute Gasteiger partial charge is 0.198 e.